The van der Waals surface area contributed by atoms with Gasteiger partial charge >= 0.3 is 5.79 Å². The summed E-state index contributed by atoms with van der Waals surface area (Å²) >= 11 is 0. The summed E-state index contributed by atoms with van der Waals surface area (Å²) in [5.74, 6) is -1.22. The highest BCUT2D eigenvalue weighted by Crippen LogP contribution is 2.40. The minimum atomic E-state index is -1.43. The second kappa shape index (κ2) is 8.85. The summed E-state index contributed by atoms with van der Waals surface area (Å²) in [4.78, 5) is 12.3. The molecule has 1 atom stereocenters. The largest absolute Gasteiger partial charge is 0.488 e. The zero-order valence-electron chi connectivity index (χ0n) is 13.3. The molecule has 120 valence electrons. The van der Waals surface area contributed by atoms with Crippen molar-refractivity contribution in [2.24, 2.45) is 0 Å². The Labute approximate surface area is 126 Å². The number of Topliss-reactive ketones (excluding diaryl/α,β-unsaturated/α-hetero) is 1. The first-order valence-electron chi connectivity index (χ1n) is 7.53. The molecule has 0 aromatic carbocycles. The van der Waals surface area contributed by atoms with Gasteiger partial charge in [-0.15, -0.1) is 0 Å². The van der Waals surface area contributed by atoms with Gasteiger partial charge in [-0.05, 0) is 12.8 Å². The van der Waals surface area contributed by atoms with E-state index in [4.69, 9.17) is 18.9 Å². The second-order valence-electron chi connectivity index (χ2n) is 4.81. The molecule has 0 amide bonds. The predicted molar refractivity (Wildman–Crippen MR) is 79.6 cm³/mol. The van der Waals surface area contributed by atoms with E-state index in [-0.39, 0.29) is 18.1 Å². The molecule has 5 nitrogen and oxygen atoms in total. The van der Waals surface area contributed by atoms with Crippen LogP contribution in [0.3, 0.4) is 0 Å². The summed E-state index contributed by atoms with van der Waals surface area (Å²) in [5, 5.41) is 0. The molecule has 1 rings (SSSR count). The number of hydrogen-bond donors (Lipinski definition) is 0. The molecule has 0 saturated carbocycles. The van der Waals surface area contributed by atoms with Crippen LogP contribution >= 0.6 is 0 Å². The van der Waals surface area contributed by atoms with Gasteiger partial charge in [-0.2, -0.15) is 0 Å². The summed E-state index contributed by atoms with van der Waals surface area (Å²) in [7, 11) is 1.44. The highest BCUT2D eigenvalue weighted by molar-refractivity contribution is 6.09. The third kappa shape index (κ3) is 3.86. The van der Waals surface area contributed by atoms with Crippen molar-refractivity contribution in [2.75, 3.05) is 26.9 Å². The van der Waals surface area contributed by atoms with Crippen LogP contribution in [0.4, 0.5) is 0 Å². The topological polar surface area (TPSA) is 54.0 Å². The van der Waals surface area contributed by atoms with E-state index in [0.29, 0.717) is 19.0 Å². The fourth-order valence-corrected chi connectivity index (χ4v) is 1.93. The van der Waals surface area contributed by atoms with Gasteiger partial charge in [0.2, 0.25) is 11.5 Å². The first kappa shape index (κ1) is 17.7. The van der Waals surface area contributed by atoms with Crippen molar-refractivity contribution in [3.63, 3.8) is 0 Å². The molecule has 0 bridgehead atoms. The molecule has 0 aliphatic heterocycles. The van der Waals surface area contributed by atoms with E-state index in [0.717, 1.165) is 25.7 Å². The van der Waals surface area contributed by atoms with Crippen molar-refractivity contribution in [1.82, 2.24) is 0 Å². The molecular weight excluding hydrogens is 272 g/mol. The van der Waals surface area contributed by atoms with Gasteiger partial charge in [0.15, 0.2) is 0 Å². The standard InChI is InChI=1S/C16H26O5/c1-5-8-11-20-15-13(19-10-7-3)14(17)16(15,18-4)21-12-9-6-2/h7H,3,5-6,8-12H2,1-2,4H3. The minimum absolute atomic E-state index is 0.185. The lowest BCUT2D eigenvalue weighted by Crippen LogP contribution is -2.56. The van der Waals surface area contributed by atoms with Gasteiger partial charge < -0.3 is 18.9 Å². The average molecular weight is 298 g/mol. The summed E-state index contributed by atoms with van der Waals surface area (Å²) in [6.45, 7) is 8.88. The molecule has 1 aliphatic carbocycles. The van der Waals surface area contributed by atoms with Crippen LogP contribution in [0.5, 0.6) is 0 Å². The Morgan fingerprint density at radius 1 is 1.14 bits per heavy atom. The molecule has 1 aliphatic rings. The number of carbonyl (C=O) groups is 1. The van der Waals surface area contributed by atoms with Crippen molar-refractivity contribution in [3.05, 3.63) is 24.2 Å². The Bertz CT molecular complexity index is 388. The number of methoxy groups -OCH3 is 1. The Hall–Kier alpha value is -1.33. The molecule has 0 aromatic rings. The SMILES string of the molecule is C=CCOC1=C(OCCCC)C(OC)(OCCCC)C1=O. The number of rotatable bonds is 12. The van der Waals surface area contributed by atoms with Crippen LogP contribution in [0.2, 0.25) is 0 Å². The van der Waals surface area contributed by atoms with Gasteiger partial charge in [-0.25, -0.2) is 0 Å². The maximum absolute atomic E-state index is 12.3. The zero-order chi connectivity index (χ0) is 15.7. The van der Waals surface area contributed by atoms with Crippen molar-refractivity contribution >= 4 is 5.78 Å². The van der Waals surface area contributed by atoms with E-state index in [2.05, 4.69) is 20.4 Å². The molecule has 5 heteroatoms. The molecule has 0 fully saturated rings. The number of ether oxygens (including phenoxy) is 4. The quantitative estimate of drug-likeness (QED) is 0.315. The van der Waals surface area contributed by atoms with Crippen LogP contribution in [0.1, 0.15) is 39.5 Å². The predicted octanol–water partition coefficient (Wildman–Crippen LogP) is 2.96. The van der Waals surface area contributed by atoms with Gasteiger partial charge in [0.25, 0.3) is 5.78 Å². The maximum atomic E-state index is 12.3. The average Bonchev–Trinajstić information content (AvgIpc) is 2.50. The fourth-order valence-electron chi connectivity index (χ4n) is 1.93. The van der Waals surface area contributed by atoms with E-state index in [1.807, 2.05) is 0 Å². The Balaban J connectivity index is 2.85. The van der Waals surface area contributed by atoms with Crippen LogP contribution in [0, 0.1) is 0 Å². The van der Waals surface area contributed by atoms with Crippen LogP contribution in [-0.4, -0.2) is 38.5 Å². The molecule has 0 heterocycles. The molecule has 1 unspecified atom stereocenters. The number of ketones is 1. The first-order valence-corrected chi connectivity index (χ1v) is 7.53. The summed E-state index contributed by atoms with van der Waals surface area (Å²) in [6.07, 6.45) is 5.30. The summed E-state index contributed by atoms with van der Waals surface area (Å²) in [5.41, 5.74) is 0. The van der Waals surface area contributed by atoms with Crippen molar-refractivity contribution < 1.29 is 23.7 Å². The Kier molecular flexibility index (Phi) is 7.47. The molecule has 0 saturated heterocycles. The Morgan fingerprint density at radius 3 is 2.38 bits per heavy atom. The number of carbonyl (C=O) groups excluding carboxylic acids is 1. The summed E-state index contributed by atoms with van der Waals surface area (Å²) in [6, 6.07) is 0. The van der Waals surface area contributed by atoms with E-state index in [1.165, 1.54) is 7.11 Å². The lowest BCUT2D eigenvalue weighted by atomic mass is 9.94. The molecule has 21 heavy (non-hydrogen) atoms. The molecule has 0 radical (unpaired) electrons. The van der Waals surface area contributed by atoms with Gasteiger partial charge in [-0.1, -0.05) is 39.3 Å². The van der Waals surface area contributed by atoms with Gasteiger partial charge in [0, 0.05) is 7.11 Å². The van der Waals surface area contributed by atoms with E-state index >= 15 is 0 Å². The number of unbranched alkanes of at least 4 members (excludes halogenated alkanes) is 2. The zero-order valence-corrected chi connectivity index (χ0v) is 13.3. The van der Waals surface area contributed by atoms with Gasteiger partial charge in [0.05, 0.1) is 13.2 Å². The van der Waals surface area contributed by atoms with Crippen LogP contribution < -0.4 is 0 Å². The van der Waals surface area contributed by atoms with Crippen LogP contribution in [0.15, 0.2) is 24.2 Å². The van der Waals surface area contributed by atoms with E-state index in [9.17, 15) is 4.79 Å². The highest BCUT2D eigenvalue weighted by atomic mass is 16.7. The van der Waals surface area contributed by atoms with Gasteiger partial charge in [-0.3, -0.25) is 4.79 Å². The molecular formula is C16H26O5. The number of hydrogen-bond acceptors (Lipinski definition) is 5. The maximum Gasteiger partial charge on any atom is 0.301 e. The monoisotopic (exact) mass is 298 g/mol. The lowest BCUT2D eigenvalue weighted by Gasteiger charge is -2.40. The van der Waals surface area contributed by atoms with Gasteiger partial charge in [0.1, 0.15) is 6.61 Å². The smallest absolute Gasteiger partial charge is 0.301 e. The van der Waals surface area contributed by atoms with E-state index in [1.54, 1.807) is 6.08 Å². The van der Waals surface area contributed by atoms with Crippen molar-refractivity contribution in [2.45, 2.75) is 45.3 Å². The lowest BCUT2D eigenvalue weighted by molar-refractivity contribution is -0.231. The Morgan fingerprint density at radius 2 is 1.81 bits per heavy atom. The molecule has 0 spiro atoms. The van der Waals surface area contributed by atoms with Crippen LogP contribution in [0.25, 0.3) is 0 Å². The third-order valence-corrected chi connectivity index (χ3v) is 3.19. The highest BCUT2D eigenvalue weighted by Gasteiger charge is 2.60. The summed E-state index contributed by atoms with van der Waals surface area (Å²) < 4.78 is 22.0. The molecule has 0 aromatic heterocycles. The van der Waals surface area contributed by atoms with Crippen molar-refractivity contribution in [1.29, 1.82) is 0 Å². The fraction of sp³-hybridized carbons (Fsp3) is 0.688. The molecule has 0 N–H and O–H groups in total. The third-order valence-electron chi connectivity index (χ3n) is 3.19. The van der Waals surface area contributed by atoms with E-state index < -0.39 is 5.79 Å². The second-order valence-corrected chi connectivity index (χ2v) is 4.81. The normalized spacial score (nSPS) is 21.2. The van der Waals surface area contributed by atoms with Crippen LogP contribution in [-0.2, 0) is 23.7 Å². The first-order chi connectivity index (χ1) is 10.2. The van der Waals surface area contributed by atoms with Crippen molar-refractivity contribution in [3.8, 4) is 0 Å². The minimum Gasteiger partial charge on any atom is -0.488 e.